The van der Waals surface area contributed by atoms with Crippen molar-refractivity contribution in [3.05, 3.63) is 29.8 Å². The van der Waals surface area contributed by atoms with E-state index in [2.05, 4.69) is 5.32 Å². The van der Waals surface area contributed by atoms with Gasteiger partial charge in [0.05, 0.1) is 5.56 Å². The molecule has 1 aliphatic rings. The molecular weight excluding hydrogens is 232 g/mol. The van der Waals surface area contributed by atoms with Crippen molar-refractivity contribution in [3.63, 3.8) is 0 Å². The SMILES string of the molecule is NC(=O)c1ccccc1OCC1(O)CCNCC1. The molecule has 4 N–H and O–H groups in total. The molecule has 2 rings (SSSR count). The van der Waals surface area contributed by atoms with E-state index in [0.29, 0.717) is 24.2 Å². The highest BCUT2D eigenvalue weighted by molar-refractivity contribution is 5.95. The third kappa shape index (κ3) is 3.00. The number of carbonyl (C=O) groups is 1. The van der Waals surface area contributed by atoms with Gasteiger partial charge in [-0.2, -0.15) is 0 Å². The van der Waals surface area contributed by atoms with Gasteiger partial charge in [0.2, 0.25) is 0 Å². The Bertz CT molecular complexity index is 428. The van der Waals surface area contributed by atoms with Crippen molar-refractivity contribution in [2.75, 3.05) is 19.7 Å². The summed E-state index contributed by atoms with van der Waals surface area (Å²) in [5.41, 5.74) is 4.78. The number of amides is 1. The number of primary amides is 1. The summed E-state index contributed by atoms with van der Waals surface area (Å²) in [6, 6.07) is 6.80. The summed E-state index contributed by atoms with van der Waals surface area (Å²) in [5, 5.41) is 13.5. The largest absolute Gasteiger partial charge is 0.490 e. The quantitative estimate of drug-likeness (QED) is 0.716. The molecule has 0 unspecified atom stereocenters. The Morgan fingerprint density at radius 3 is 2.72 bits per heavy atom. The average molecular weight is 250 g/mol. The molecule has 1 aromatic carbocycles. The van der Waals surface area contributed by atoms with E-state index in [1.165, 1.54) is 0 Å². The van der Waals surface area contributed by atoms with Crippen LogP contribution in [0.3, 0.4) is 0 Å². The van der Waals surface area contributed by atoms with Crippen LogP contribution < -0.4 is 15.8 Å². The minimum atomic E-state index is -0.823. The highest BCUT2D eigenvalue weighted by Gasteiger charge is 2.30. The minimum Gasteiger partial charge on any atom is -0.490 e. The molecule has 0 aromatic heterocycles. The Labute approximate surface area is 106 Å². The van der Waals surface area contributed by atoms with Gasteiger partial charge in [-0.25, -0.2) is 0 Å². The van der Waals surface area contributed by atoms with Gasteiger partial charge < -0.3 is 20.9 Å². The predicted molar refractivity (Wildman–Crippen MR) is 67.5 cm³/mol. The number of para-hydroxylation sites is 1. The molecule has 1 fully saturated rings. The summed E-state index contributed by atoms with van der Waals surface area (Å²) in [6.45, 7) is 1.73. The van der Waals surface area contributed by atoms with Crippen molar-refractivity contribution in [3.8, 4) is 5.75 Å². The molecule has 1 aliphatic heterocycles. The molecule has 0 saturated carbocycles. The first-order valence-corrected chi connectivity index (χ1v) is 6.05. The van der Waals surface area contributed by atoms with E-state index < -0.39 is 11.5 Å². The molecule has 0 atom stereocenters. The lowest BCUT2D eigenvalue weighted by molar-refractivity contribution is -0.0287. The van der Waals surface area contributed by atoms with Crippen molar-refractivity contribution < 1.29 is 14.6 Å². The van der Waals surface area contributed by atoms with Crippen molar-refractivity contribution >= 4 is 5.91 Å². The van der Waals surface area contributed by atoms with E-state index in [9.17, 15) is 9.90 Å². The lowest BCUT2D eigenvalue weighted by Gasteiger charge is -2.32. The van der Waals surface area contributed by atoms with Crippen molar-refractivity contribution in [2.24, 2.45) is 5.73 Å². The standard InChI is InChI=1S/C13H18N2O3/c14-12(16)10-3-1-2-4-11(10)18-9-13(17)5-7-15-8-6-13/h1-4,15,17H,5-9H2,(H2,14,16). The second kappa shape index (κ2) is 5.37. The molecule has 1 amide bonds. The van der Waals surface area contributed by atoms with E-state index in [4.69, 9.17) is 10.5 Å². The smallest absolute Gasteiger partial charge is 0.252 e. The first-order chi connectivity index (χ1) is 8.61. The molecule has 1 heterocycles. The zero-order valence-corrected chi connectivity index (χ0v) is 10.2. The highest BCUT2D eigenvalue weighted by Crippen LogP contribution is 2.22. The summed E-state index contributed by atoms with van der Waals surface area (Å²) in [6.07, 6.45) is 1.29. The van der Waals surface area contributed by atoms with E-state index in [1.54, 1.807) is 24.3 Å². The molecule has 98 valence electrons. The van der Waals surface area contributed by atoms with E-state index in [0.717, 1.165) is 13.1 Å². The molecule has 0 radical (unpaired) electrons. The fourth-order valence-electron chi connectivity index (χ4n) is 2.04. The van der Waals surface area contributed by atoms with Crippen LogP contribution in [0.5, 0.6) is 5.75 Å². The summed E-state index contributed by atoms with van der Waals surface area (Å²) in [5.74, 6) is -0.0974. The van der Waals surface area contributed by atoms with Crippen LogP contribution in [-0.4, -0.2) is 36.3 Å². The number of nitrogens with two attached hydrogens (primary N) is 1. The molecule has 1 saturated heterocycles. The molecule has 5 heteroatoms. The minimum absolute atomic E-state index is 0.180. The predicted octanol–water partition coefficient (Wildman–Crippen LogP) is 0.279. The van der Waals surface area contributed by atoms with Crippen LogP contribution in [0, 0.1) is 0 Å². The van der Waals surface area contributed by atoms with Crippen LogP contribution in [0.25, 0.3) is 0 Å². The third-order valence-corrected chi connectivity index (χ3v) is 3.18. The van der Waals surface area contributed by atoms with Gasteiger partial charge >= 0.3 is 0 Å². The first-order valence-electron chi connectivity index (χ1n) is 6.05. The number of hydrogen-bond acceptors (Lipinski definition) is 4. The molecule has 0 spiro atoms. The molecule has 0 aliphatic carbocycles. The lowest BCUT2D eigenvalue weighted by Crippen LogP contribution is -2.46. The summed E-state index contributed by atoms with van der Waals surface area (Å²) < 4.78 is 5.56. The highest BCUT2D eigenvalue weighted by atomic mass is 16.5. The van der Waals surface area contributed by atoms with Crippen LogP contribution in [0.4, 0.5) is 0 Å². The Kier molecular flexibility index (Phi) is 3.84. The summed E-state index contributed by atoms with van der Waals surface area (Å²) in [4.78, 5) is 11.2. The van der Waals surface area contributed by atoms with Gasteiger partial charge in [-0.3, -0.25) is 4.79 Å². The topological polar surface area (TPSA) is 84.6 Å². The van der Waals surface area contributed by atoms with Crippen LogP contribution in [-0.2, 0) is 0 Å². The van der Waals surface area contributed by atoms with Gasteiger partial charge in [-0.1, -0.05) is 12.1 Å². The fourth-order valence-corrected chi connectivity index (χ4v) is 2.04. The second-order valence-electron chi connectivity index (χ2n) is 4.62. The van der Waals surface area contributed by atoms with E-state index >= 15 is 0 Å². The number of benzene rings is 1. The Morgan fingerprint density at radius 1 is 1.39 bits per heavy atom. The van der Waals surface area contributed by atoms with Crippen LogP contribution in [0.15, 0.2) is 24.3 Å². The third-order valence-electron chi connectivity index (χ3n) is 3.18. The van der Waals surface area contributed by atoms with Crippen molar-refractivity contribution in [2.45, 2.75) is 18.4 Å². The number of hydrogen-bond donors (Lipinski definition) is 3. The van der Waals surface area contributed by atoms with Crippen LogP contribution in [0.1, 0.15) is 23.2 Å². The van der Waals surface area contributed by atoms with Gasteiger partial charge in [0.25, 0.3) is 5.91 Å². The van der Waals surface area contributed by atoms with E-state index in [-0.39, 0.29) is 6.61 Å². The summed E-state index contributed by atoms with van der Waals surface area (Å²) in [7, 11) is 0. The first kappa shape index (κ1) is 12.9. The fraction of sp³-hybridized carbons (Fsp3) is 0.462. The zero-order chi connectivity index (χ0) is 13.0. The lowest BCUT2D eigenvalue weighted by atomic mass is 9.93. The number of piperidine rings is 1. The van der Waals surface area contributed by atoms with Gasteiger partial charge in [-0.05, 0) is 38.1 Å². The van der Waals surface area contributed by atoms with Crippen molar-refractivity contribution in [1.82, 2.24) is 5.32 Å². The molecule has 5 nitrogen and oxygen atoms in total. The normalized spacial score (nSPS) is 18.3. The van der Waals surface area contributed by atoms with Gasteiger partial charge in [0, 0.05) is 0 Å². The maximum atomic E-state index is 11.2. The molecular formula is C13H18N2O3. The van der Waals surface area contributed by atoms with Crippen LogP contribution in [0.2, 0.25) is 0 Å². The molecule has 1 aromatic rings. The van der Waals surface area contributed by atoms with Gasteiger partial charge in [0.1, 0.15) is 18.0 Å². The average Bonchev–Trinajstić information content (AvgIpc) is 2.38. The number of aliphatic hydroxyl groups is 1. The summed E-state index contributed by atoms with van der Waals surface area (Å²) >= 11 is 0. The number of nitrogens with one attached hydrogen (secondary N) is 1. The van der Waals surface area contributed by atoms with Gasteiger partial charge in [0.15, 0.2) is 0 Å². The maximum absolute atomic E-state index is 11.2. The number of rotatable bonds is 4. The number of ether oxygens (including phenoxy) is 1. The molecule has 0 bridgehead atoms. The maximum Gasteiger partial charge on any atom is 0.252 e. The van der Waals surface area contributed by atoms with Crippen molar-refractivity contribution in [1.29, 1.82) is 0 Å². The molecule has 18 heavy (non-hydrogen) atoms. The van der Waals surface area contributed by atoms with Crippen LogP contribution >= 0.6 is 0 Å². The monoisotopic (exact) mass is 250 g/mol. The van der Waals surface area contributed by atoms with E-state index in [1.807, 2.05) is 0 Å². The zero-order valence-electron chi connectivity index (χ0n) is 10.2. The Hall–Kier alpha value is -1.59. The Balaban J connectivity index is 2.03. The second-order valence-corrected chi connectivity index (χ2v) is 4.62. The number of carbonyl (C=O) groups excluding carboxylic acids is 1. The Morgan fingerprint density at radius 2 is 2.06 bits per heavy atom. The van der Waals surface area contributed by atoms with Gasteiger partial charge in [-0.15, -0.1) is 0 Å².